The normalized spacial score (nSPS) is 25.7. The smallest absolute Gasteiger partial charge is 0.328 e. The number of amides is 5. The molecule has 5 amide bonds. The first kappa shape index (κ1) is 40.9. The molecule has 0 radical (unpaired) electrons. The van der Waals surface area contributed by atoms with Crippen LogP contribution in [0.2, 0.25) is 0 Å². The van der Waals surface area contributed by atoms with Crippen molar-refractivity contribution in [3.8, 4) is 0 Å². The zero-order valence-electron chi connectivity index (χ0n) is 31.6. The van der Waals surface area contributed by atoms with Crippen LogP contribution in [0.1, 0.15) is 93.9 Å². The van der Waals surface area contributed by atoms with Crippen molar-refractivity contribution in [3.05, 3.63) is 12.7 Å². The first-order valence-electron chi connectivity index (χ1n) is 18.2. The van der Waals surface area contributed by atoms with E-state index in [1.165, 1.54) is 11.0 Å². The number of ether oxygens (including phenoxy) is 2. The number of hydrogen-bond donors (Lipinski definition) is 4. The van der Waals surface area contributed by atoms with Gasteiger partial charge in [-0.1, -0.05) is 67.9 Å². The molecule has 3 aliphatic rings. The lowest BCUT2D eigenvalue weighted by molar-refractivity contribution is -0.149. The van der Waals surface area contributed by atoms with Crippen molar-refractivity contribution >= 4 is 35.5 Å². The molecule has 3 rings (SSSR count). The average Bonchev–Trinajstić information content (AvgIpc) is 3.36. The van der Waals surface area contributed by atoms with Gasteiger partial charge in [0.05, 0.1) is 18.8 Å². The Morgan fingerprint density at radius 1 is 1.00 bits per heavy atom. The lowest BCUT2D eigenvalue weighted by atomic mass is 9.85. The van der Waals surface area contributed by atoms with Crippen LogP contribution < -0.4 is 21.3 Å². The van der Waals surface area contributed by atoms with Gasteiger partial charge >= 0.3 is 12.0 Å². The van der Waals surface area contributed by atoms with Crippen LogP contribution in [0.4, 0.5) is 4.79 Å². The van der Waals surface area contributed by atoms with E-state index in [-0.39, 0.29) is 54.8 Å². The van der Waals surface area contributed by atoms with Crippen LogP contribution in [0.5, 0.6) is 0 Å². The summed E-state index contributed by atoms with van der Waals surface area (Å²) in [5, 5.41) is 10.8. The van der Waals surface area contributed by atoms with E-state index in [4.69, 9.17) is 9.47 Å². The van der Waals surface area contributed by atoms with E-state index in [1.54, 1.807) is 7.11 Å². The second-order valence-corrected chi connectivity index (χ2v) is 16.2. The minimum Gasteiger partial charge on any atom is -0.464 e. The van der Waals surface area contributed by atoms with Gasteiger partial charge in [-0.2, -0.15) is 0 Å². The first-order valence-corrected chi connectivity index (χ1v) is 18.2. The minimum atomic E-state index is -1.05. The Labute approximate surface area is 297 Å². The summed E-state index contributed by atoms with van der Waals surface area (Å²) in [6.07, 6.45) is 6.12. The van der Waals surface area contributed by atoms with Crippen molar-refractivity contribution < 1.29 is 38.2 Å². The van der Waals surface area contributed by atoms with E-state index >= 15 is 0 Å². The van der Waals surface area contributed by atoms with Crippen molar-refractivity contribution in [2.45, 2.75) is 124 Å². The summed E-state index contributed by atoms with van der Waals surface area (Å²) in [5.74, 6) is -3.18. The minimum absolute atomic E-state index is 0.0532. The van der Waals surface area contributed by atoms with Gasteiger partial charge in [-0.15, -0.1) is 6.58 Å². The molecule has 1 heterocycles. The average molecular weight is 704 g/mol. The maximum atomic E-state index is 14.3. The molecule has 0 bridgehead atoms. The number of fused-ring (bicyclic) bond motifs is 1. The highest BCUT2D eigenvalue weighted by molar-refractivity contribution is 6.38. The maximum absolute atomic E-state index is 14.3. The fourth-order valence-electron chi connectivity index (χ4n) is 7.49. The molecule has 2 aliphatic carbocycles. The number of Topliss-reactive ketones (excluding diaryl/α,β-unsaturated/α-hetero) is 1. The number of nitrogens with one attached hydrogen (secondary N) is 4. The summed E-state index contributed by atoms with van der Waals surface area (Å²) in [5.41, 5.74) is -0.975. The van der Waals surface area contributed by atoms with Gasteiger partial charge in [0.2, 0.25) is 17.6 Å². The van der Waals surface area contributed by atoms with Crippen LogP contribution in [0.15, 0.2) is 12.7 Å². The molecule has 3 fully saturated rings. The molecule has 6 atom stereocenters. The van der Waals surface area contributed by atoms with Crippen LogP contribution in [0.3, 0.4) is 0 Å². The van der Waals surface area contributed by atoms with Crippen molar-refractivity contribution in [2.24, 2.45) is 34.5 Å². The monoisotopic (exact) mass is 703 g/mol. The van der Waals surface area contributed by atoms with Crippen LogP contribution >= 0.6 is 0 Å². The topological polar surface area (TPSA) is 172 Å². The highest BCUT2D eigenvalue weighted by Gasteiger charge is 2.70. The van der Waals surface area contributed by atoms with Crippen LogP contribution in [-0.2, 0) is 33.4 Å². The third-order valence-electron chi connectivity index (χ3n) is 10.8. The Morgan fingerprint density at radius 2 is 1.64 bits per heavy atom. The number of methoxy groups -OCH3 is 1. The van der Waals surface area contributed by atoms with Crippen molar-refractivity contribution in [1.82, 2.24) is 26.2 Å². The predicted molar refractivity (Wildman–Crippen MR) is 189 cm³/mol. The van der Waals surface area contributed by atoms with Gasteiger partial charge in [0.15, 0.2) is 0 Å². The van der Waals surface area contributed by atoms with Crippen LogP contribution in [-0.4, -0.2) is 97.5 Å². The van der Waals surface area contributed by atoms with Gasteiger partial charge in [0.25, 0.3) is 5.91 Å². The number of likely N-dealkylation sites (tertiary alicyclic amines) is 1. The molecule has 1 saturated heterocycles. The molecule has 0 aromatic heterocycles. The SMILES string of the molecule is C=CCNC(=O)C(=O)C(CCC)NC(=O)[C@@H]1[C@@H]2[C@H](CN1C(=O)[C@@H](NC(=O)N[C@H](C(=O)OCC1CCC(OC)CC1)C(C)C)C(C)(C)C)C2(C)C. The Bertz CT molecular complexity index is 1270. The number of urea groups is 1. The predicted octanol–water partition coefficient (Wildman–Crippen LogP) is 3.11. The number of piperidine rings is 1. The molecule has 0 spiro atoms. The Balaban J connectivity index is 1.73. The summed E-state index contributed by atoms with van der Waals surface area (Å²) in [7, 11) is 1.71. The van der Waals surface area contributed by atoms with E-state index < -0.39 is 65.1 Å². The molecule has 282 valence electrons. The van der Waals surface area contributed by atoms with Gasteiger partial charge in [-0.25, -0.2) is 9.59 Å². The quantitative estimate of drug-likeness (QED) is 0.108. The molecule has 1 unspecified atom stereocenters. The van der Waals surface area contributed by atoms with Crippen molar-refractivity contribution in [3.63, 3.8) is 0 Å². The molecule has 0 aromatic carbocycles. The Kier molecular flexibility index (Phi) is 14.0. The van der Waals surface area contributed by atoms with E-state index in [2.05, 4.69) is 27.8 Å². The highest BCUT2D eigenvalue weighted by Crippen LogP contribution is 2.65. The van der Waals surface area contributed by atoms with Gasteiger partial charge in [0.1, 0.15) is 18.1 Å². The highest BCUT2D eigenvalue weighted by atomic mass is 16.5. The molecular weight excluding hydrogens is 642 g/mol. The van der Waals surface area contributed by atoms with Gasteiger partial charge in [-0.3, -0.25) is 19.2 Å². The third kappa shape index (κ3) is 9.85. The number of rotatable bonds is 16. The lowest BCUT2D eigenvalue weighted by Crippen LogP contribution is -2.62. The van der Waals surface area contributed by atoms with Crippen molar-refractivity contribution in [2.75, 3.05) is 26.8 Å². The van der Waals surface area contributed by atoms with E-state index in [1.807, 2.05) is 55.4 Å². The molecule has 2 saturated carbocycles. The summed E-state index contributed by atoms with van der Waals surface area (Å²) in [6, 6.07) is -4.62. The number of esters is 1. The second-order valence-electron chi connectivity index (χ2n) is 16.2. The molecule has 13 heteroatoms. The van der Waals surface area contributed by atoms with E-state index in [0.717, 1.165) is 25.7 Å². The zero-order valence-corrected chi connectivity index (χ0v) is 31.6. The summed E-state index contributed by atoms with van der Waals surface area (Å²) >= 11 is 0. The van der Waals surface area contributed by atoms with Gasteiger partial charge in [0, 0.05) is 20.2 Å². The maximum Gasteiger partial charge on any atom is 0.328 e. The number of hydrogen-bond acceptors (Lipinski definition) is 8. The Hall–Kier alpha value is -3.48. The molecular formula is C37H61N5O8. The fraction of sp³-hybridized carbons (Fsp3) is 0.784. The Morgan fingerprint density at radius 3 is 2.18 bits per heavy atom. The number of ketones is 1. The lowest BCUT2D eigenvalue weighted by Gasteiger charge is -2.38. The molecule has 4 N–H and O–H groups in total. The number of carbonyl (C=O) groups is 6. The van der Waals surface area contributed by atoms with Crippen LogP contribution in [0.25, 0.3) is 0 Å². The van der Waals surface area contributed by atoms with E-state index in [9.17, 15) is 28.8 Å². The standard InChI is InChI=1S/C37H61N5O8/c1-11-13-25(29(43)32(45)38-18-12-2)39-31(44)28-26-24(37(26,8)9)19-42(28)33(46)30(36(5,6)7)41-35(48)40-27(21(3)4)34(47)50-20-22-14-16-23(49-10)17-15-22/h12,21-28,30H,2,11,13-20H2,1,3-10H3,(H,38,45)(H,39,44)(H2,40,41,48)/t22?,23?,24-,25?,26-,27-,28-,30+/m0/s1. The molecule has 0 aromatic rings. The number of nitrogens with zero attached hydrogens (tertiary/aromatic N) is 1. The largest absolute Gasteiger partial charge is 0.464 e. The summed E-state index contributed by atoms with van der Waals surface area (Å²) in [6.45, 7) is 19.2. The third-order valence-corrected chi connectivity index (χ3v) is 10.8. The second kappa shape index (κ2) is 17.2. The van der Waals surface area contributed by atoms with Gasteiger partial charge < -0.3 is 35.6 Å². The van der Waals surface area contributed by atoms with E-state index in [0.29, 0.717) is 13.0 Å². The fourth-order valence-corrected chi connectivity index (χ4v) is 7.49. The molecule has 1 aliphatic heterocycles. The van der Waals surface area contributed by atoms with Gasteiger partial charge in [-0.05, 0) is 66.6 Å². The van der Waals surface area contributed by atoms with Crippen LogP contribution in [0, 0.1) is 34.5 Å². The number of carbonyl (C=O) groups excluding carboxylic acids is 6. The molecule has 13 nitrogen and oxygen atoms in total. The first-order chi connectivity index (χ1) is 23.4. The molecule has 50 heavy (non-hydrogen) atoms. The summed E-state index contributed by atoms with van der Waals surface area (Å²) < 4.78 is 11.1. The summed E-state index contributed by atoms with van der Waals surface area (Å²) in [4.78, 5) is 81.8. The zero-order chi connectivity index (χ0) is 37.6. The van der Waals surface area contributed by atoms with Crippen molar-refractivity contribution in [1.29, 1.82) is 0 Å².